The molecule has 0 aliphatic heterocycles. The lowest BCUT2D eigenvalue weighted by atomic mass is 9.99. The van der Waals surface area contributed by atoms with E-state index >= 15 is 0 Å². The lowest BCUT2D eigenvalue weighted by Crippen LogP contribution is -2.28. The number of alkyl halides is 2. The zero-order chi connectivity index (χ0) is 8.20. The van der Waals surface area contributed by atoms with Crippen LogP contribution in [0.4, 0.5) is 0 Å². The van der Waals surface area contributed by atoms with Gasteiger partial charge in [0, 0.05) is 0 Å². The maximum absolute atomic E-state index is 6.15. The molecule has 0 bridgehead atoms. The Hall–Kier alpha value is 0.580. The fraction of sp³-hybridized carbons (Fsp3) is 1.00. The van der Waals surface area contributed by atoms with E-state index in [2.05, 4.69) is 13.8 Å². The van der Waals surface area contributed by atoms with E-state index in [9.17, 15) is 0 Å². The van der Waals surface area contributed by atoms with Crippen LogP contribution in [0, 0.1) is 0 Å². The van der Waals surface area contributed by atoms with Gasteiger partial charge in [-0.05, 0) is 19.8 Å². The van der Waals surface area contributed by atoms with Gasteiger partial charge in [0.15, 0.2) is 0 Å². The van der Waals surface area contributed by atoms with E-state index in [4.69, 9.17) is 23.2 Å². The Morgan fingerprint density at radius 2 is 1.90 bits per heavy atom. The van der Waals surface area contributed by atoms with Crippen molar-refractivity contribution in [2.45, 2.75) is 50.3 Å². The first-order valence-corrected chi connectivity index (χ1v) is 4.69. The average molecular weight is 183 g/mol. The van der Waals surface area contributed by atoms with Crippen molar-refractivity contribution < 1.29 is 0 Å². The summed E-state index contributed by atoms with van der Waals surface area (Å²) in [5, 5.41) is 0.106. The highest BCUT2D eigenvalue weighted by Gasteiger charge is 2.27. The van der Waals surface area contributed by atoms with Crippen LogP contribution in [0.5, 0.6) is 0 Å². The maximum atomic E-state index is 6.15. The van der Waals surface area contributed by atoms with Crippen LogP contribution in [-0.2, 0) is 0 Å². The first-order chi connectivity index (χ1) is 4.54. The van der Waals surface area contributed by atoms with Gasteiger partial charge in [0.2, 0.25) is 0 Å². The number of hydrogen-bond acceptors (Lipinski definition) is 0. The Bertz CT molecular complexity index is 89.3. The molecule has 0 rings (SSSR count). The highest BCUT2D eigenvalue weighted by atomic mass is 35.5. The molecule has 62 valence electrons. The summed E-state index contributed by atoms with van der Waals surface area (Å²) >= 11 is 12.2. The van der Waals surface area contributed by atoms with Gasteiger partial charge in [0.1, 0.15) is 0 Å². The molecule has 0 fully saturated rings. The Kier molecular flexibility index (Phi) is 4.71. The summed E-state index contributed by atoms with van der Waals surface area (Å²) in [6, 6.07) is 0. The molecule has 2 unspecified atom stereocenters. The minimum Gasteiger partial charge on any atom is -0.121 e. The third kappa shape index (κ3) is 3.12. The Morgan fingerprint density at radius 3 is 2.20 bits per heavy atom. The second kappa shape index (κ2) is 4.46. The van der Waals surface area contributed by atoms with Gasteiger partial charge in [0.25, 0.3) is 0 Å². The first-order valence-electron chi connectivity index (χ1n) is 3.87. The molecule has 0 aromatic heterocycles. The van der Waals surface area contributed by atoms with Crippen LogP contribution in [-0.4, -0.2) is 10.3 Å². The van der Waals surface area contributed by atoms with Crippen LogP contribution in [0.2, 0.25) is 0 Å². The van der Waals surface area contributed by atoms with Crippen LogP contribution < -0.4 is 0 Å². The van der Waals surface area contributed by atoms with Crippen molar-refractivity contribution in [3.05, 3.63) is 0 Å². The van der Waals surface area contributed by atoms with E-state index < -0.39 is 0 Å². The predicted octanol–water partition coefficient (Wildman–Crippen LogP) is 3.80. The maximum Gasteiger partial charge on any atom is 0.0581 e. The van der Waals surface area contributed by atoms with Crippen molar-refractivity contribution >= 4 is 23.2 Å². The van der Waals surface area contributed by atoms with Gasteiger partial charge in [0.05, 0.1) is 10.3 Å². The summed E-state index contributed by atoms with van der Waals surface area (Å²) < 4.78 is 0. The standard InChI is InChI=1S/C8H16Cl2/c1-4-6-8(3,10)7(9)5-2/h7H,4-6H2,1-3H3. The third-order valence-electron chi connectivity index (χ3n) is 1.75. The smallest absolute Gasteiger partial charge is 0.0581 e. The topological polar surface area (TPSA) is 0 Å². The molecule has 0 radical (unpaired) electrons. The van der Waals surface area contributed by atoms with Crippen molar-refractivity contribution in [1.82, 2.24) is 0 Å². The largest absolute Gasteiger partial charge is 0.121 e. The first kappa shape index (κ1) is 10.6. The van der Waals surface area contributed by atoms with Crippen molar-refractivity contribution in [1.29, 1.82) is 0 Å². The van der Waals surface area contributed by atoms with E-state index in [0.29, 0.717) is 0 Å². The lowest BCUT2D eigenvalue weighted by molar-refractivity contribution is 0.525. The summed E-state index contributed by atoms with van der Waals surface area (Å²) in [7, 11) is 0. The van der Waals surface area contributed by atoms with Crippen LogP contribution in [0.1, 0.15) is 40.0 Å². The minimum absolute atomic E-state index is 0.106. The van der Waals surface area contributed by atoms with E-state index in [-0.39, 0.29) is 10.3 Å². The molecule has 0 spiro atoms. The zero-order valence-corrected chi connectivity index (χ0v) is 8.47. The minimum atomic E-state index is -0.203. The van der Waals surface area contributed by atoms with Crippen LogP contribution in [0.3, 0.4) is 0 Å². The molecular weight excluding hydrogens is 167 g/mol. The molecule has 2 heteroatoms. The molecule has 10 heavy (non-hydrogen) atoms. The van der Waals surface area contributed by atoms with Crippen molar-refractivity contribution in [2.24, 2.45) is 0 Å². The summed E-state index contributed by atoms with van der Waals surface area (Å²) in [5.41, 5.74) is 0. The molecule has 0 aromatic rings. The number of rotatable bonds is 4. The molecule has 0 amide bonds. The van der Waals surface area contributed by atoms with Gasteiger partial charge in [-0.1, -0.05) is 20.3 Å². The van der Waals surface area contributed by atoms with E-state index in [1.165, 1.54) is 0 Å². The highest BCUT2D eigenvalue weighted by molar-refractivity contribution is 6.32. The molecule has 0 saturated carbocycles. The molecule has 0 aromatic carbocycles. The normalized spacial score (nSPS) is 20.1. The van der Waals surface area contributed by atoms with Gasteiger partial charge in [-0.2, -0.15) is 0 Å². The molecule has 0 nitrogen and oxygen atoms in total. The summed E-state index contributed by atoms with van der Waals surface area (Å²) in [6.07, 6.45) is 3.04. The monoisotopic (exact) mass is 182 g/mol. The van der Waals surface area contributed by atoms with Crippen LogP contribution in [0.15, 0.2) is 0 Å². The molecule has 0 heterocycles. The molecule has 0 aliphatic rings. The highest BCUT2D eigenvalue weighted by Crippen LogP contribution is 2.30. The van der Waals surface area contributed by atoms with Crippen molar-refractivity contribution in [2.75, 3.05) is 0 Å². The van der Waals surface area contributed by atoms with Crippen LogP contribution >= 0.6 is 23.2 Å². The van der Waals surface area contributed by atoms with Gasteiger partial charge >= 0.3 is 0 Å². The van der Waals surface area contributed by atoms with Crippen LogP contribution in [0.25, 0.3) is 0 Å². The SMILES string of the molecule is CCCC(C)(Cl)C(Cl)CC. The lowest BCUT2D eigenvalue weighted by Gasteiger charge is -2.25. The summed E-state index contributed by atoms with van der Waals surface area (Å²) in [4.78, 5) is -0.203. The van der Waals surface area contributed by atoms with Gasteiger partial charge < -0.3 is 0 Å². The predicted molar refractivity (Wildman–Crippen MR) is 49.1 cm³/mol. The fourth-order valence-corrected chi connectivity index (χ4v) is 1.52. The number of halogens is 2. The van der Waals surface area contributed by atoms with Gasteiger partial charge in [-0.3, -0.25) is 0 Å². The Morgan fingerprint density at radius 1 is 1.40 bits per heavy atom. The average Bonchev–Trinajstić information content (AvgIpc) is 1.86. The second-order valence-electron chi connectivity index (χ2n) is 2.90. The Labute approximate surface area is 73.9 Å². The van der Waals surface area contributed by atoms with E-state index in [1.807, 2.05) is 6.92 Å². The summed E-state index contributed by atoms with van der Waals surface area (Å²) in [6.45, 7) is 6.20. The van der Waals surface area contributed by atoms with E-state index in [0.717, 1.165) is 19.3 Å². The van der Waals surface area contributed by atoms with Gasteiger partial charge in [-0.15, -0.1) is 23.2 Å². The second-order valence-corrected chi connectivity index (χ2v) is 4.29. The molecule has 2 atom stereocenters. The molecular formula is C8H16Cl2. The van der Waals surface area contributed by atoms with Crippen molar-refractivity contribution in [3.63, 3.8) is 0 Å². The van der Waals surface area contributed by atoms with Gasteiger partial charge in [-0.25, -0.2) is 0 Å². The number of hydrogen-bond donors (Lipinski definition) is 0. The third-order valence-corrected chi connectivity index (χ3v) is 3.10. The fourth-order valence-electron chi connectivity index (χ4n) is 1.07. The Balaban J connectivity index is 3.82. The van der Waals surface area contributed by atoms with Crippen molar-refractivity contribution in [3.8, 4) is 0 Å². The molecule has 0 aliphatic carbocycles. The zero-order valence-electron chi connectivity index (χ0n) is 6.95. The quantitative estimate of drug-likeness (QED) is 0.581. The summed E-state index contributed by atoms with van der Waals surface area (Å²) in [5.74, 6) is 0. The molecule has 0 N–H and O–H groups in total. The van der Waals surface area contributed by atoms with E-state index in [1.54, 1.807) is 0 Å². The molecule has 0 saturated heterocycles.